The first-order valence-electron chi connectivity index (χ1n) is 3.75. The van der Waals surface area contributed by atoms with Gasteiger partial charge in [0.1, 0.15) is 5.82 Å². The summed E-state index contributed by atoms with van der Waals surface area (Å²) in [5, 5.41) is 0.697. The van der Waals surface area contributed by atoms with Crippen molar-refractivity contribution >= 4 is 49.2 Å². The maximum Gasteiger partial charge on any atom is 0.177 e. The second-order valence-corrected chi connectivity index (χ2v) is 4.83. The predicted octanol–water partition coefficient (Wildman–Crippen LogP) is 3.82. The first kappa shape index (κ1) is 12.1. The van der Waals surface area contributed by atoms with Crippen LogP contribution in [0.4, 0.5) is 4.39 Å². The minimum atomic E-state index is -0.505. The third-order valence-corrected chi connectivity index (χ3v) is 4.04. The van der Waals surface area contributed by atoms with Crippen molar-refractivity contribution in [2.75, 3.05) is 5.33 Å². The predicted molar refractivity (Wildman–Crippen MR) is 62.2 cm³/mol. The molecule has 1 aromatic rings. The van der Waals surface area contributed by atoms with E-state index >= 15 is 0 Å². The summed E-state index contributed by atoms with van der Waals surface area (Å²) in [6.45, 7) is 0. The maximum atomic E-state index is 12.9. The summed E-state index contributed by atoms with van der Waals surface area (Å²) in [4.78, 5) is 11.2. The van der Waals surface area contributed by atoms with Crippen molar-refractivity contribution in [3.63, 3.8) is 0 Å². The van der Waals surface area contributed by atoms with E-state index < -0.39 is 5.82 Å². The van der Waals surface area contributed by atoms with Crippen LogP contribution in [-0.2, 0) is 0 Å². The van der Waals surface area contributed by atoms with Crippen LogP contribution in [0, 0.1) is 5.82 Å². The summed E-state index contributed by atoms with van der Waals surface area (Å²) in [6, 6.07) is 3.78. The molecule has 1 unspecified atom stereocenters. The summed E-state index contributed by atoms with van der Waals surface area (Å²) in [7, 11) is 0. The van der Waals surface area contributed by atoms with Gasteiger partial charge in [-0.15, -0.1) is 0 Å². The molecule has 0 spiro atoms. The van der Waals surface area contributed by atoms with Gasteiger partial charge in [0.15, 0.2) is 5.78 Å². The zero-order valence-electron chi connectivity index (χ0n) is 6.94. The van der Waals surface area contributed by atoms with E-state index in [0.717, 1.165) is 6.07 Å². The number of hydrogen-bond donors (Lipinski definition) is 0. The number of hydrogen-bond acceptors (Lipinski definition) is 1. The second kappa shape index (κ2) is 5.24. The van der Waals surface area contributed by atoms with E-state index in [2.05, 4.69) is 31.9 Å². The van der Waals surface area contributed by atoms with Gasteiger partial charge in [0.05, 0.1) is 4.83 Å². The van der Waals surface area contributed by atoms with Gasteiger partial charge in [-0.1, -0.05) is 43.5 Å². The zero-order chi connectivity index (χ0) is 10.7. The highest BCUT2D eigenvalue weighted by Crippen LogP contribution is 2.18. The third-order valence-electron chi connectivity index (χ3n) is 1.57. The van der Waals surface area contributed by atoms with Crippen LogP contribution < -0.4 is 0 Å². The van der Waals surface area contributed by atoms with Gasteiger partial charge < -0.3 is 0 Å². The molecular weight excluding hydrogens is 338 g/mol. The lowest BCUT2D eigenvalue weighted by molar-refractivity contribution is 0.0997. The van der Waals surface area contributed by atoms with Crippen LogP contribution in [0.25, 0.3) is 0 Å². The van der Waals surface area contributed by atoms with Gasteiger partial charge in [-0.05, 0) is 18.2 Å². The van der Waals surface area contributed by atoms with Gasteiger partial charge in [0, 0.05) is 15.9 Å². The molecule has 14 heavy (non-hydrogen) atoms. The Balaban J connectivity index is 3.01. The molecule has 0 saturated carbocycles. The Kier molecular flexibility index (Phi) is 4.54. The fraction of sp³-hybridized carbons (Fsp3) is 0.222. The average molecular weight is 344 g/mol. The van der Waals surface area contributed by atoms with Gasteiger partial charge in [-0.3, -0.25) is 4.79 Å². The van der Waals surface area contributed by atoms with Crippen molar-refractivity contribution < 1.29 is 9.18 Å². The van der Waals surface area contributed by atoms with E-state index in [1.165, 1.54) is 12.1 Å². The smallest absolute Gasteiger partial charge is 0.177 e. The van der Waals surface area contributed by atoms with Gasteiger partial charge in [0.25, 0.3) is 0 Å². The number of carbonyl (C=O) groups is 1. The molecule has 1 atom stereocenters. The Morgan fingerprint density at radius 3 is 2.64 bits per heavy atom. The lowest BCUT2D eigenvalue weighted by atomic mass is 10.1. The molecule has 0 aliphatic heterocycles. The molecule has 0 aliphatic rings. The monoisotopic (exact) mass is 342 g/mol. The summed E-state index contributed by atoms with van der Waals surface area (Å²) in [5.41, 5.74) is 0.274. The van der Waals surface area contributed by atoms with Crippen LogP contribution in [-0.4, -0.2) is 15.9 Å². The standard InChI is InChI=1S/C9H6Br2ClFO/c10-4-8(11)9(14)5-1-6(12)3-7(13)2-5/h1-3,8H,4H2. The molecule has 0 saturated heterocycles. The van der Waals surface area contributed by atoms with Crippen LogP contribution in [0.5, 0.6) is 0 Å². The van der Waals surface area contributed by atoms with Crippen LogP contribution in [0.3, 0.4) is 0 Å². The van der Waals surface area contributed by atoms with Gasteiger partial charge in [0.2, 0.25) is 0 Å². The van der Waals surface area contributed by atoms with E-state index in [1.54, 1.807) is 0 Å². The van der Waals surface area contributed by atoms with E-state index in [4.69, 9.17) is 11.6 Å². The Morgan fingerprint density at radius 2 is 2.14 bits per heavy atom. The molecular formula is C9H6Br2ClFO. The lowest BCUT2D eigenvalue weighted by Crippen LogP contribution is -2.15. The molecule has 5 heteroatoms. The van der Waals surface area contributed by atoms with Crippen LogP contribution in [0.1, 0.15) is 10.4 Å². The summed E-state index contributed by atoms with van der Waals surface area (Å²) in [6.07, 6.45) is 0. The fourth-order valence-corrected chi connectivity index (χ4v) is 1.73. The van der Waals surface area contributed by atoms with Crippen molar-refractivity contribution in [2.45, 2.75) is 4.83 Å². The normalized spacial score (nSPS) is 12.6. The Bertz CT molecular complexity index is 336. The summed E-state index contributed by atoms with van der Waals surface area (Å²) < 4.78 is 12.9. The Morgan fingerprint density at radius 1 is 1.50 bits per heavy atom. The number of benzene rings is 1. The largest absolute Gasteiger partial charge is 0.293 e. The molecule has 0 N–H and O–H groups in total. The number of ketones is 1. The SMILES string of the molecule is O=C(c1cc(F)cc(Cl)c1)C(Br)CBr. The minimum absolute atomic E-state index is 0.191. The van der Waals surface area contributed by atoms with E-state index in [-0.39, 0.29) is 21.2 Å². The molecule has 0 bridgehead atoms. The van der Waals surface area contributed by atoms with Crippen LogP contribution in [0.15, 0.2) is 18.2 Å². The van der Waals surface area contributed by atoms with Crippen molar-refractivity contribution in [2.24, 2.45) is 0 Å². The Labute approximate surface area is 103 Å². The number of alkyl halides is 2. The minimum Gasteiger partial charge on any atom is -0.293 e. The highest BCUT2D eigenvalue weighted by Gasteiger charge is 2.16. The van der Waals surface area contributed by atoms with Gasteiger partial charge >= 0.3 is 0 Å². The third kappa shape index (κ3) is 3.04. The zero-order valence-corrected chi connectivity index (χ0v) is 10.9. The van der Waals surface area contributed by atoms with Gasteiger partial charge in [-0.2, -0.15) is 0 Å². The highest BCUT2D eigenvalue weighted by molar-refractivity contribution is 9.12. The number of rotatable bonds is 3. The van der Waals surface area contributed by atoms with E-state index in [1.807, 2.05) is 0 Å². The average Bonchev–Trinajstić information content (AvgIpc) is 2.14. The van der Waals surface area contributed by atoms with E-state index in [0.29, 0.717) is 5.33 Å². The lowest BCUT2D eigenvalue weighted by Gasteiger charge is -2.05. The highest BCUT2D eigenvalue weighted by atomic mass is 79.9. The number of carbonyl (C=O) groups excluding carboxylic acids is 1. The molecule has 1 aromatic carbocycles. The molecule has 0 radical (unpaired) electrons. The maximum absolute atomic E-state index is 12.9. The van der Waals surface area contributed by atoms with Crippen molar-refractivity contribution in [3.05, 3.63) is 34.6 Å². The molecule has 76 valence electrons. The molecule has 0 heterocycles. The van der Waals surface area contributed by atoms with E-state index in [9.17, 15) is 9.18 Å². The first-order valence-corrected chi connectivity index (χ1v) is 6.16. The fourth-order valence-electron chi connectivity index (χ4n) is 0.947. The quantitative estimate of drug-likeness (QED) is 0.602. The molecule has 1 rings (SSSR count). The van der Waals surface area contributed by atoms with Crippen LogP contribution in [0.2, 0.25) is 5.02 Å². The molecule has 0 amide bonds. The van der Waals surface area contributed by atoms with Crippen molar-refractivity contribution in [1.82, 2.24) is 0 Å². The van der Waals surface area contributed by atoms with Crippen molar-refractivity contribution in [3.8, 4) is 0 Å². The number of halogens is 4. The molecule has 0 fully saturated rings. The van der Waals surface area contributed by atoms with Gasteiger partial charge in [-0.25, -0.2) is 4.39 Å². The second-order valence-electron chi connectivity index (χ2n) is 2.64. The Hall–Kier alpha value is 0.0700. The molecule has 1 nitrogen and oxygen atoms in total. The summed E-state index contributed by atoms with van der Waals surface area (Å²) >= 11 is 11.9. The molecule has 0 aromatic heterocycles. The topological polar surface area (TPSA) is 17.1 Å². The summed E-state index contributed by atoms with van der Waals surface area (Å²) in [5.74, 6) is -0.696. The molecule has 0 aliphatic carbocycles. The first-order chi connectivity index (χ1) is 6.54. The van der Waals surface area contributed by atoms with Crippen molar-refractivity contribution in [1.29, 1.82) is 0 Å². The van der Waals surface area contributed by atoms with Crippen LogP contribution >= 0.6 is 43.5 Å². The number of Topliss-reactive ketones (excluding diaryl/α,β-unsaturated/α-hetero) is 1.